The molecule has 1 heterocycles. The third-order valence-corrected chi connectivity index (χ3v) is 2.32. The van der Waals surface area contributed by atoms with Crippen molar-refractivity contribution in [3.63, 3.8) is 0 Å². The number of fused-ring (bicyclic) bond motifs is 1. The Bertz CT molecular complexity index is 271. The Hall–Kier alpha value is -0.900. The number of nitrogens with zero attached hydrogens (tertiary/aromatic N) is 1. The van der Waals surface area contributed by atoms with Gasteiger partial charge in [-0.05, 0) is 7.05 Å². The maximum Gasteiger partial charge on any atom is 0.135 e. The van der Waals surface area contributed by atoms with Gasteiger partial charge in [-0.2, -0.15) is 0 Å². The van der Waals surface area contributed by atoms with Gasteiger partial charge in [-0.15, -0.1) is 0 Å². The second-order valence-electron chi connectivity index (χ2n) is 3.04. The van der Waals surface area contributed by atoms with Gasteiger partial charge < -0.3 is 10.2 Å². The lowest BCUT2D eigenvalue weighted by atomic mass is 10.1. The molecule has 0 bridgehead atoms. The van der Waals surface area contributed by atoms with Crippen molar-refractivity contribution >= 4 is 0 Å². The summed E-state index contributed by atoms with van der Waals surface area (Å²) in [6.45, 7) is 0. The van der Waals surface area contributed by atoms with Crippen LogP contribution in [0.4, 0.5) is 0 Å². The van der Waals surface area contributed by atoms with E-state index in [0.29, 0.717) is 0 Å². The molecule has 2 N–H and O–H groups in total. The monoisotopic (exact) mass is 165 g/mol. The second-order valence-corrected chi connectivity index (χ2v) is 3.04. The molecule has 1 aliphatic heterocycles. The number of hydrogen-bond donors (Lipinski definition) is 2. The van der Waals surface area contributed by atoms with Crippen LogP contribution >= 0.6 is 0 Å². The summed E-state index contributed by atoms with van der Waals surface area (Å²) in [5.74, 6) is 0. The van der Waals surface area contributed by atoms with E-state index < -0.39 is 12.5 Å². The largest absolute Gasteiger partial charge is 0.374 e. The van der Waals surface area contributed by atoms with E-state index in [1.165, 1.54) is 4.90 Å². The van der Waals surface area contributed by atoms with Crippen molar-refractivity contribution < 1.29 is 10.2 Å². The van der Waals surface area contributed by atoms with E-state index in [4.69, 9.17) is 0 Å². The van der Waals surface area contributed by atoms with Crippen LogP contribution < -0.4 is 0 Å². The summed E-state index contributed by atoms with van der Waals surface area (Å²) in [5.41, 5.74) is 1.60. The minimum Gasteiger partial charge on any atom is -0.374 e. The van der Waals surface area contributed by atoms with Crippen LogP contribution in [0.2, 0.25) is 0 Å². The molecule has 0 spiro atoms. The molecular weight excluding hydrogens is 154 g/mol. The first-order valence-corrected chi connectivity index (χ1v) is 3.88. The van der Waals surface area contributed by atoms with E-state index in [0.717, 1.165) is 11.1 Å². The topological polar surface area (TPSA) is 43.7 Å². The molecule has 12 heavy (non-hydrogen) atoms. The van der Waals surface area contributed by atoms with Crippen LogP contribution in [-0.2, 0) is 0 Å². The van der Waals surface area contributed by atoms with Gasteiger partial charge >= 0.3 is 0 Å². The lowest BCUT2D eigenvalue weighted by Crippen LogP contribution is -2.20. The average molecular weight is 165 g/mol. The maximum absolute atomic E-state index is 9.59. The average Bonchev–Trinajstić information content (AvgIpc) is 2.33. The molecule has 0 aromatic heterocycles. The van der Waals surface area contributed by atoms with Gasteiger partial charge in [-0.3, -0.25) is 0 Å². The predicted molar refractivity (Wildman–Crippen MR) is 44.1 cm³/mol. The van der Waals surface area contributed by atoms with E-state index in [2.05, 4.69) is 0 Å². The number of rotatable bonds is 0. The molecule has 0 fully saturated rings. The lowest BCUT2D eigenvalue weighted by molar-refractivity contribution is -0.0663. The molecule has 3 nitrogen and oxygen atoms in total. The van der Waals surface area contributed by atoms with Crippen molar-refractivity contribution in [2.75, 3.05) is 7.05 Å². The van der Waals surface area contributed by atoms with Crippen LogP contribution in [0.25, 0.3) is 0 Å². The van der Waals surface area contributed by atoms with Crippen molar-refractivity contribution in [3.8, 4) is 0 Å². The Kier molecular flexibility index (Phi) is 1.65. The SMILES string of the molecule is CN1[C@@H](O)c2ccccc2[C@@H]1O. The van der Waals surface area contributed by atoms with Crippen molar-refractivity contribution in [2.24, 2.45) is 0 Å². The second kappa shape index (κ2) is 2.55. The summed E-state index contributed by atoms with van der Waals surface area (Å²) < 4.78 is 0. The van der Waals surface area contributed by atoms with Crippen LogP contribution in [0.1, 0.15) is 23.6 Å². The first kappa shape index (κ1) is 7.73. The molecule has 0 saturated heterocycles. The fourth-order valence-electron chi connectivity index (χ4n) is 1.55. The van der Waals surface area contributed by atoms with Crippen LogP contribution in [0.5, 0.6) is 0 Å². The first-order valence-electron chi connectivity index (χ1n) is 3.88. The highest BCUT2D eigenvalue weighted by molar-refractivity contribution is 5.34. The zero-order chi connectivity index (χ0) is 8.72. The molecule has 2 atom stereocenters. The van der Waals surface area contributed by atoms with Gasteiger partial charge in [0.25, 0.3) is 0 Å². The van der Waals surface area contributed by atoms with Gasteiger partial charge in [0.05, 0.1) is 0 Å². The van der Waals surface area contributed by atoms with Crippen LogP contribution in [-0.4, -0.2) is 22.2 Å². The normalized spacial score (nSPS) is 28.9. The van der Waals surface area contributed by atoms with E-state index in [9.17, 15) is 10.2 Å². The quantitative estimate of drug-likeness (QED) is 0.592. The molecule has 2 rings (SSSR count). The minimum absolute atomic E-state index is 0.670. The predicted octanol–water partition coefficient (Wildman–Crippen LogP) is 0.614. The number of aliphatic hydroxyl groups excluding tert-OH is 2. The van der Waals surface area contributed by atoms with Crippen molar-refractivity contribution in [1.29, 1.82) is 0 Å². The molecule has 0 amide bonds. The molecule has 0 saturated carbocycles. The smallest absolute Gasteiger partial charge is 0.135 e. The maximum atomic E-state index is 9.59. The van der Waals surface area contributed by atoms with Gasteiger partial charge in [0.15, 0.2) is 0 Å². The third kappa shape index (κ3) is 0.876. The summed E-state index contributed by atoms with van der Waals surface area (Å²) in [4.78, 5) is 1.52. The van der Waals surface area contributed by atoms with Crippen LogP contribution in [0.3, 0.4) is 0 Å². The first-order chi connectivity index (χ1) is 5.72. The van der Waals surface area contributed by atoms with Crippen molar-refractivity contribution in [3.05, 3.63) is 35.4 Å². The lowest BCUT2D eigenvalue weighted by Gasteiger charge is -2.17. The highest BCUT2D eigenvalue weighted by Gasteiger charge is 2.32. The van der Waals surface area contributed by atoms with Crippen LogP contribution in [0.15, 0.2) is 24.3 Å². The van der Waals surface area contributed by atoms with Crippen LogP contribution in [0, 0.1) is 0 Å². The minimum atomic E-state index is -0.670. The Morgan fingerprint density at radius 1 is 1.08 bits per heavy atom. The van der Waals surface area contributed by atoms with Gasteiger partial charge in [0, 0.05) is 11.1 Å². The van der Waals surface area contributed by atoms with E-state index >= 15 is 0 Å². The highest BCUT2D eigenvalue weighted by Crippen LogP contribution is 2.36. The van der Waals surface area contributed by atoms with E-state index in [1.807, 2.05) is 24.3 Å². The molecule has 0 radical (unpaired) electrons. The van der Waals surface area contributed by atoms with E-state index in [-0.39, 0.29) is 0 Å². The van der Waals surface area contributed by atoms with Gasteiger partial charge in [-0.25, -0.2) is 4.90 Å². The number of benzene rings is 1. The summed E-state index contributed by atoms with van der Waals surface area (Å²) in [6.07, 6.45) is -1.34. The molecule has 3 heteroatoms. The standard InChI is InChI=1S/C9H11NO2/c1-10-8(11)6-4-2-3-5-7(6)9(10)12/h2-5,8-9,11-12H,1H3/t8-,9-/m0/s1. The third-order valence-electron chi connectivity index (χ3n) is 2.32. The van der Waals surface area contributed by atoms with Gasteiger partial charge in [-0.1, -0.05) is 24.3 Å². The summed E-state index contributed by atoms with van der Waals surface area (Å²) in [6, 6.07) is 7.36. The van der Waals surface area contributed by atoms with Crippen molar-refractivity contribution in [1.82, 2.24) is 4.90 Å². The molecule has 1 aromatic rings. The molecule has 1 aromatic carbocycles. The fraction of sp³-hybridized carbons (Fsp3) is 0.333. The molecule has 0 aliphatic carbocycles. The summed E-state index contributed by atoms with van der Waals surface area (Å²) >= 11 is 0. The highest BCUT2D eigenvalue weighted by atomic mass is 16.3. The number of hydrogen-bond acceptors (Lipinski definition) is 3. The number of aliphatic hydroxyl groups is 2. The van der Waals surface area contributed by atoms with E-state index in [1.54, 1.807) is 7.05 Å². The molecule has 1 aliphatic rings. The van der Waals surface area contributed by atoms with Gasteiger partial charge in [0.2, 0.25) is 0 Å². The molecule has 64 valence electrons. The zero-order valence-electron chi connectivity index (χ0n) is 6.81. The summed E-state index contributed by atoms with van der Waals surface area (Å²) in [5, 5.41) is 19.2. The summed E-state index contributed by atoms with van der Waals surface area (Å²) in [7, 11) is 1.69. The Labute approximate surface area is 70.9 Å². The Morgan fingerprint density at radius 2 is 1.50 bits per heavy atom. The zero-order valence-corrected chi connectivity index (χ0v) is 6.81. The molecule has 0 unspecified atom stereocenters. The van der Waals surface area contributed by atoms with Crippen molar-refractivity contribution in [2.45, 2.75) is 12.5 Å². The molecular formula is C9H11NO2. The van der Waals surface area contributed by atoms with Gasteiger partial charge in [0.1, 0.15) is 12.5 Å². The fourth-order valence-corrected chi connectivity index (χ4v) is 1.55. The Balaban J connectivity index is 2.52. The Morgan fingerprint density at radius 3 is 1.92 bits per heavy atom.